The number of thiophene rings is 1. The summed E-state index contributed by atoms with van der Waals surface area (Å²) in [7, 11) is 0. The van der Waals surface area contributed by atoms with E-state index in [2.05, 4.69) is 166 Å². The highest BCUT2D eigenvalue weighted by Crippen LogP contribution is 2.56. The van der Waals surface area contributed by atoms with Gasteiger partial charge in [0.15, 0.2) is 0 Å². The third-order valence-electron chi connectivity index (χ3n) is 13.9. The molecule has 3 aromatic carbocycles. The zero-order valence-electron chi connectivity index (χ0n) is 31.9. The van der Waals surface area contributed by atoms with Gasteiger partial charge in [0.1, 0.15) is 0 Å². The molecule has 2 heterocycles. The fourth-order valence-corrected chi connectivity index (χ4v) is 14.5. The molecule has 6 unspecified atom stereocenters. The quantitative estimate of drug-likeness (QED) is 0.181. The number of para-hydroxylation sites is 1. The average molecular weight is 765 g/mol. The summed E-state index contributed by atoms with van der Waals surface area (Å²) in [6, 6.07) is 25.9. The lowest BCUT2D eigenvalue weighted by Gasteiger charge is -2.46. The molecule has 8 aliphatic rings. The molecule has 0 fully saturated rings. The van der Waals surface area contributed by atoms with Gasteiger partial charge in [-0.2, -0.15) is 0 Å². The molecule has 1 aromatic heterocycles. The van der Waals surface area contributed by atoms with Crippen molar-refractivity contribution in [3.8, 4) is 0 Å². The highest BCUT2D eigenvalue weighted by atomic mass is 32.2. The van der Waals surface area contributed by atoms with Crippen molar-refractivity contribution in [1.82, 2.24) is 4.90 Å². The first kappa shape index (κ1) is 33.6. The zero-order chi connectivity index (χ0) is 36.7. The lowest BCUT2D eigenvalue weighted by molar-refractivity contribution is 0.311. The number of hydrogen-bond acceptors (Lipinski definition) is 4. The fraction of sp³-hybridized carbons (Fsp3) is 0.308. The molecule has 0 N–H and O–H groups in total. The van der Waals surface area contributed by atoms with Gasteiger partial charge in [-0.15, -0.1) is 23.1 Å². The van der Waals surface area contributed by atoms with Crippen LogP contribution in [0.5, 0.6) is 0 Å². The average Bonchev–Trinajstić information content (AvgIpc) is 3.84. The maximum absolute atomic E-state index is 2.89. The van der Waals surface area contributed by atoms with E-state index in [0.717, 1.165) is 6.42 Å². The van der Waals surface area contributed by atoms with Crippen molar-refractivity contribution < 1.29 is 0 Å². The van der Waals surface area contributed by atoms with Gasteiger partial charge in [0.2, 0.25) is 0 Å². The molecule has 7 aliphatic carbocycles. The predicted octanol–water partition coefficient (Wildman–Crippen LogP) is 13.6. The number of benzene rings is 3. The maximum Gasteiger partial charge on any atom is 0.0684 e. The van der Waals surface area contributed by atoms with Gasteiger partial charge in [0.25, 0.3) is 0 Å². The summed E-state index contributed by atoms with van der Waals surface area (Å²) in [5.41, 5.74) is 16.5. The second-order valence-electron chi connectivity index (χ2n) is 16.9. The molecule has 56 heavy (non-hydrogen) atoms. The third kappa shape index (κ3) is 5.21. The molecule has 4 aromatic rings. The van der Waals surface area contributed by atoms with Gasteiger partial charge in [-0.3, -0.25) is 0 Å². The topological polar surface area (TPSA) is 6.48 Å². The van der Waals surface area contributed by atoms with Crippen molar-refractivity contribution in [3.05, 3.63) is 182 Å². The highest BCUT2D eigenvalue weighted by molar-refractivity contribution is 8.00. The van der Waals surface area contributed by atoms with E-state index in [0.29, 0.717) is 23.1 Å². The molecule has 0 radical (unpaired) electrons. The summed E-state index contributed by atoms with van der Waals surface area (Å²) in [6.07, 6.45) is 39.7. The first-order valence-electron chi connectivity index (χ1n) is 21.3. The van der Waals surface area contributed by atoms with Crippen LogP contribution in [0.1, 0.15) is 124 Å². The Hall–Kier alpha value is -4.51. The Balaban J connectivity index is 0.970. The van der Waals surface area contributed by atoms with Crippen molar-refractivity contribution in [3.63, 3.8) is 0 Å². The van der Waals surface area contributed by atoms with Gasteiger partial charge in [-0.25, -0.2) is 0 Å². The number of rotatable bonds is 6. The Bertz CT molecular complexity index is 2470. The summed E-state index contributed by atoms with van der Waals surface area (Å²) in [5.74, 6) is 1.07. The van der Waals surface area contributed by atoms with Crippen LogP contribution < -0.4 is 4.90 Å². The fourth-order valence-electron chi connectivity index (χ4n) is 11.5. The minimum Gasteiger partial charge on any atom is -0.337 e. The molecule has 1 aliphatic heterocycles. The second kappa shape index (κ2) is 13.6. The van der Waals surface area contributed by atoms with Gasteiger partial charge in [-0.1, -0.05) is 109 Å². The molecule has 2 nitrogen and oxygen atoms in total. The van der Waals surface area contributed by atoms with Crippen molar-refractivity contribution in [2.24, 2.45) is 0 Å². The van der Waals surface area contributed by atoms with Crippen LogP contribution in [0.25, 0.3) is 17.8 Å². The first-order valence-corrected chi connectivity index (χ1v) is 23.0. The van der Waals surface area contributed by atoms with Crippen molar-refractivity contribution in [2.75, 3.05) is 4.90 Å². The molecule has 0 bridgehead atoms. The smallest absolute Gasteiger partial charge is 0.0684 e. The molecule has 4 heteroatoms. The molecular formula is C52H48N2S2. The summed E-state index contributed by atoms with van der Waals surface area (Å²) in [6.45, 7) is 0. The largest absolute Gasteiger partial charge is 0.337 e. The summed E-state index contributed by atoms with van der Waals surface area (Å²) in [5, 5.41) is 0.350. The lowest BCUT2D eigenvalue weighted by Crippen LogP contribution is -2.43. The number of fused-ring (bicyclic) bond motifs is 6. The lowest BCUT2D eigenvalue weighted by atomic mass is 9.68. The molecule has 0 saturated carbocycles. The number of allylic oxidation sites excluding steroid dienone is 8. The summed E-state index contributed by atoms with van der Waals surface area (Å²) >= 11 is 4.20. The van der Waals surface area contributed by atoms with Crippen LogP contribution >= 0.6 is 23.1 Å². The second-order valence-corrected chi connectivity index (χ2v) is 19.3. The Morgan fingerprint density at radius 2 is 1.64 bits per heavy atom. The normalized spacial score (nSPS) is 27.2. The molecular weight excluding hydrogens is 717 g/mol. The maximum atomic E-state index is 2.89. The number of anilines is 1. The van der Waals surface area contributed by atoms with E-state index in [4.69, 9.17) is 0 Å². The van der Waals surface area contributed by atoms with E-state index in [1.165, 1.54) is 96.5 Å². The minimum absolute atomic E-state index is 0.175. The van der Waals surface area contributed by atoms with Gasteiger partial charge < -0.3 is 9.80 Å². The Morgan fingerprint density at radius 3 is 2.57 bits per heavy atom. The number of hydrogen-bond donors (Lipinski definition) is 0. The van der Waals surface area contributed by atoms with Crippen LogP contribution in [-0.2, 0) is 12.8 Å². The van der Waals surface area contributed by atoms with Crippen molar-refractivity contribution >= 4 is 46.6 Å². The van der Waals surface area contributed by atoms with E-state index in [1.54, 1.807) is 37.7 Å². The van der Waals surface area contributed by atoms with Crippen LogP contribution in [0, 0.1) is 0 Å². The molecule has 278 valence electrons. The van der Waals surface area contributed by atoms with E-state index >= 15 is 0 Å². The van der Waals surface area contributed by atoms with Crippen LogP contribution in [0.4, 0.5) is 5.69 Å². The van der Waals surface area contributed by atoms with Gasteiger partial charge in [0, 0.05) is 60.7 Å². The molecule has 0 spiro atoms. The van der Waals surface area contributed by atoms with Crippen molar-refractivity contribution in [2.45, 2.75) is 104 Å². The monoisotopic (exact) mass is 764 g/mol. The van der Waals surface area contributed by atoms with Gasteiger partial charge in [-0.05, 0) is 122 Å². The van der Waals surface area contributed by atoms with Crippen LogP contribution in [0.15, 0.2) is 138 Å². The summed E-state index contributed by atoms with van der Waals surface area (Å²) in [4.78, 5) is 10.3. The minimum atomic E-state index is 0.175. The molecule has 0 amide bonds. The Morgan fingerprint density at radius 1 is 0.714 bits per heavy atom. The molecule has 12 rings (SSSR count). The van der Waals surface area contributed by atoms with Crippen LogP contribution in [0.2, 0.25) is 0 Å². The Kier molecular flexibility index (Phi) is 8.14. The molecule has 6 atom stereocenters. The van der Waals surface area contributed by atoms with E-state index in [1.807, 2.05) is 0 Å². The van der Waals surface area contributed by atoms with Crippen LogP contribution in [0.3, 0.4) is 0 Å². The first-order chi connectivity index (χ1) is 27.8. The standard InChI is InChI=1S/C52H48N2S2/c1-3-13-35(14-4-1)53(45-21-11-19-39-37-17-7-9-23-47(37)55-51(39)45)43-31-27-33-26-30-42-44(32-28-34-25-29-41(43)49(33)50(34)42)54(36-15-5-2-6-16-36)46-22-12-20-40-38-18-8-10-24-48(38)56-52(40)46/h1,3-4,7-9,11,13-15,17-19,21,23,25-27,29-32,34,39,41,43,46,51H,2,5-6,10,12,16,20,22,24,28H2. The van der Waals surface area contributed by atoms with Crippen molar-refractivity contribution in [1.29, 1.82) is 0 Å². The number of thioether (sulfide) groups is 1. The third-order valence-corrected chi connectivity index (χ3v) is 16.8. The van der Waals surface area contributed by atoms with Crippen LogP contribution in [-0.4, -0.2) is 16.2 Å². The van der Waals surface area contributed by atoms with E-state index in [-0.39, 0.29) is 12.0 Å². The van der Waals surface area contributed by atoms with Gasteiger partial charge >= 0.3 is 0 Å². The van der Waals surface area contributed by atoms with E-state index < -0.39 is 0 Å². The number of aryl methyl sites for hydroxylation is 1. The predicted molar refractivity (Wildman–Crippen MR) is 237 cm³/mol. The SMILES string of the molecule is C1=CC2c3ccccc3SC2C(N(c2ccccc2)C2C=Cc3ccc4c5c3C2C=CC5CC=C4N(C2=CCCCC2)C2CCCc3c2sc2c3C=CCC2)=C1. The van der Waals surface area contributed by atoms with E-state index in [9.17, 15) is 0 Å². The highest BCUT2D eigenvalue weighted by Gasteiger charge is 2.44. The zero-order valence-corrected chi connectivity index (χ0v) is 33.6. The number of nitrogens with zero attached hydrogens (tertiary/aromatic N) is 2. The summed E-state index contributed by atoms with van der Waals surface area (Å²) < 4.78 is 0. The molecule has 0 saturated heterocycles. The van der Waals surface area contributed by atoms with Gasteiger partial charge in [0.05, 0.1) is 17.3 Å². The Labute approximate surface area is 340 Å².